The average molecular weight is 449 g/mol. The Morgan fingerprint density at radius 2 is 1.97 bits per heavy atom. The monoisotopic (exact) mass is 449 g/mol. The number of non-ortho nitro benzene ring substituents is 1. The first-order chi connectivity index (χ1) is 15.3. The fourth-order valence-corrected chi connectivity index (χ4v) is 4.24. The molecule has 0 bridgehead atoms. The summed E-state index contributed by atoms with van der Waals surface area (Å²) in [4.78, 5) is 40.9. The lowest BCUT2D eigenvalue weighted by molar-refractivity contribution is -0.384. The van der Waals surface area contributed by atoms with Gasteiger partial charge in [0.15, 0.2) is 0 Å². The molecular formula is C23H19N3O5S. The summed E-state index contributed by atoms with van der Waals surface area (Å²) in [5.41, 5.74) is 2.33. The number of rotatable bonds is 6. The van der Waals surface area contributed by atoms with E-state index in [1.807, 2.05) is 11.4 Å². The van der Waals surface area contributed by atoms with Gasteiger partial charge in [-0.1, -0.05) is 12.1 Å². The first-order valence-electron chi connectivity index (χ1n) is 9.85. The summed E-state index contributed by atoms with van der Waals surface area (Å²) in [5.74, 6) is -0.416. The van der Waals surface area contributed by atoms with Gasteiger partial charge in [-0.3, -0.25) is 19.5 Å². The van der Waals surface area contributed by atoms with Crippen LogP contribution >= 0.6 is 11.3 Å². The largest absolute Gasteiger partial charge is 0.459 e. The maximum atomic E-state index is 13.3. The predicted octanol–water partition coefficient (Wildman–Crippen LogP) is 4.65. The second-order valence-corrected chi connectivity index (χ2v) is 8.32. The normalized spacial score (nSPS) is 11.1. The Morgan fingerprint density at radius 1 is 1.22 bits per heavy atom. The molecule has 4 rings (SSSR count). The number of carbonyl (C=O) groups excluding carboxylic acids is 1. The molecule has 0 aliphatic heterocycles. The van der Waals surface area contributed by atoms with Gasteiger partial charge in [-0.15, -0.1) is 11.3 Å². The highest BCUT2D eigenvalue weighted by molar-refractivity contribution is 7.17. The zero-order valence-electron chi connectivity index (χ0n) is 17.3. The Morgan fingerprint density at radius 3 is 2.66 bits per heavy atom. The van der Waals surface area contributed by atoms with Crippen LogP contribution in [-0.2, 0) is 11.3 Å². The van der Waals surface area contributed by atoms with Crippen LogP contribution in [0.5, 0.6) is 0 Å². The zero-order chi connectivity index (χ0) is 22.8. The zero-order valence-corrected chi connectivity index (χ0v) is 18.2. The number of ether oxygens (including phenoxy) is 1. The van der Waals surface area contributed by atoms with E-state index in [4.69, 9.17) is 4.74 Å². The molecule has 2 heterocycles. The second kappa shape index (κ2) is 8.72. The van der Waals surface area contributed by atoms with Crippen LogP contribution in [0.4, 0.5) is 5.69 Å². The summed E-state index contributed by atoms with van der Waals surface area (Å²) in [6, 6.07) is 13.0. The molecule has 0 atom stereocenters. The number of fused-ring (bicyclic) bond motifs is 1. The molecule has 0 spiro atoms. The van der Waals surface area contributed by atoms with E-state index < -0.39 is 10.9 Å². The molecule has 0 N–H and O–H groups in total. The summed E-state index contributed by atoms with van der Waals surface area (Å²) in [5, 5.41) is 13.2. The third-order valence-corrected chi connectivity index (χ3v) is 5.69. The van der Waals surface area contributed by atoms with Crippen LogP contribution in [0.3, 0.4) is 0 Å². The van der Waals surface area contributed by atoms with Crippen molar-refractivity contribution in [3.63, 3.8) is 0 Å². The molecule has 0 radical (unpaired) electrons. The lowest BCUT2D eigenvalue weighted by Gasteiger charge is -2.10. The van der Waals surface area contributed by atoms with Crippen LogP contribution in [0.15, 0.2) is 65.0 Å². The van der Waals surface area contributed by atoms with Crippen LogP contribution in [0.25, 0.3) is 21.3 Å². The molecule has 162 valence electrons. The minimum absolute atomic E-state index is 0.0142. The number of hydrogen-bond donors (Lipinski definition) is 0. The Balaban J connectivity index is 1.69. The van der Waals surface area contributed by atoms with Crippen molar-refractivity contribution in [1.29, 1.82) is 0 Å². The third kappa shape index (κ3) is 4.28. The van der Waals surface area contributed by atoms with Crippen LogP contribution in [0.1, 0.15) is 29.8 Å². The quantitative estimate of drug-likeness (QED) is 0.241. The molecule has 0 saturated heterocycles. The van der Waals surface area contributed by atoms with Crippen molar-refractivity contribution in [1.82, 2.24) is 9.55 Å². The molecule has 2 aromatic heterocycles. The van der Waals surface area contributed by atoms with Gasteiger partial charge in [0, 0.05) is 23.1 Å². The van der Waals surface area contributed by atoms with Crippen LogP contribution in [0.2, 0.25) is 0 Å². The highest BCUT2D eigenvalue weighted by atomic mass is 32.1. The Hall–Kier alpha value is -3.85. The Bertz CT molecular complexity index is 1370. The molecule has 8 nitrogen and oxygen atoms in total. The average Bonchev–Trinajstić information content (AvgIpc) is 3.20. The summed E-state index contributed by atoms with van der Waals surface area (Å²) in [6.45, 7) is 3.80. The smallest absolute Gasteiger partial charge is 0.338 e. The predicted molar refractivity (Wildman–Crippen MR) is 122 cm³/mol. The minimum atomic E-state index is -0.463. The van der Waals surface area contributed by atoms with Gasteiger partial charge in [0.05, 0.1) is 34.8 Å². The lowest BCUT2D eigenvalue weighted by Crippen LogP contribution is -2.21. The number of hydrogen-bond acceptors (Lipinski definition) is 7. The van der Waals surface area contributed by atoms with Gasteiger partial charge in [-0.25, -0.2) is 9.78 Å². The van der Waals surface area contributed by atoms with Gasteiger partial charge in [0.25, 0.3) is 11.2 Å². The number of carbonyl (C=O) groups is 1. The molecular weight excluding hydrogens is 430 g/mol. The number of thiophene rings is 1. The molecule has 4 aromatic rings. The van der Waals surface area contributed by atoms with Gasteiger partial charge in [0.1, 0.15) is 4.83 Å². The van der Waals surface area contributed by atoms with E-state index in [1.54, 1.807) is 44.2 Å². The number of benzene rings is 2. The lowest BCUT2D eigenvalue weighted by atomic mass is 10.1. The fourth-order valence-electron chi connectivity index (χ4n) is 3.33. The number of nitro groups is 1. The van der Waals surface area contributed by atoms with E-state index in [0.29, 0.717) is 26.9 Å². The van der Waals surface area contributed by atoms with Crippen molar-refractivity contribution in [2.24, 2.45) is 0 Å². The molecule has 0 amide bonds. The molecule has 0 aliphatic carbocycles. The van der Waals surface area contributed by atoms with E-state index >= 15 is 0 Å². The summed E-state index contributed by atoms with van der Waals surface area (Å²) in [6.07, 6.45) is 1.26. The maximum absolute atomic E-state index is 13.3. The van der Waals surface area contributed by atoms with Gasteiger partial charge >= 0.3 is 5.97 Å². The topological polar surface area (TPSA) is 104 Å². The van der Waals surface area contributed by atoms with Crippen LogP contribution in [0, 0.1) is 10.1 Å². The summed E-state index contributed by atoms with van der Waals surface area (Å²) in [7, 11) is 0. The number of nitrogens with zero attached hydrogens (tertiary/aromatic N) is 3. The molecule has 9 heteroatoms. The number of aromatic nitrogens is 2. The molecule has 0 fully saturated rings. The first-order valence-corrected chi connectivity index (χ1v) is 10.7. The van der Waals surface area contributed by atoms with Gasteiger partial charge < -0.3 is 4.74 Å². The van der Waals surface area contributed by atoms with E-state index in [-0.39, 0.29) is 23.9 Å². The Labute approximate surface area is 186 Å². The standard InChI is InChI=1S/C23H19N3O5S/c1-14(2)31-23(28)17-5-3-4-15(10-17)11-25-13-24-21-20(22(25)27)19(12-32-21)16-6-8-18(9-7-16)26(29)30/h3-10,12-14H,11H2,1-2H3. The van der Waals surface area contributed by atoms with Gasteiger partial charge in [0.2, 0.25) is 0 Å². The molecule has 2 aromatic carbocycles. The van der Waals surface area contributed by atoms with Gasteiger partial charge in [-0.05, 0) is 49.2 Å². The second-order valence-electron chi connectivity index (χ2n) is 7.47. The van der Waals surface area contributed by atoms with Crippen molar-refractivity contribution in [3.8, 4) is 11.1 Å². The van der Waals surface area contributed by atoms with Crippen LogP contribution in [-0.4, -0.2) is 26.5 Å². The van der Waals surface area contributed by atoms with Crippen molar-refractivity contribution in [2.45, 2.75) is 26.5 Å². The summed E-state index contributed by atoms with van der Waals surface area (Å²) < 4.78 is 6.72. The number of esters is 1. The van der Waals surface area contributed by atoms with Crippen molar-refractivity contribution in [2.75, 3.05) is 0 Å². The van der Waals surface area contributed by atoms with Gasteiger partial charge in [-0.2, -0.15) is 0 Å². The summed E-state index contributed by atoms with van der Waals surface area (Å²) >= 11 is 1.34. The van der Waals surface area contributed by atoms with Crippen molar-refractivity contribution in [3.05, 3.63) is 91.8 Å². The van der Waals surface area contributed by atoms with Crippen molar-refractivity contribution < 1.29 is 14.5 Å². The highest BCUT2D eigenvalue weighted by Gasteiger charge is 2.15. The minimum Gasteiger partial charge on any atom is -0.459 e. The van der Waals surface area contributed by atoms with E-state index in [1.165, 1.54) is 34.4 Å². The Kier molecular flexibility index (Phi) is 5.83. The first kappa shape index (κ1) is 21.4. The molecule has 0 aliphatic rings. The third-order valence-electron chi connectivity index (χ3n) is 4.81. The van der Waals surface area contributed by atoms with E-state index in [0.717, 1.165) is 5.56 Å². The van der Waals surface area contributed by atoms with E-state index in [2.05, 4.69) is 4.98 Å². The highest BCUT2D eigenvalue weighted by Crippen LogP contribution is 2.31. The SMILES string of the molecule is CC(C)OC(=O)c1cccc(Cn2cnc3scc(-c4ccc([N+](=O)[O-])cc4)c3c2=O)c1. The van der Waals surface area contributed by atoms with E-state index in [9.17, 15) is 19.7 Å². The van der Waals surface area contributed by atoms with Crippen molar-refractivity contribution >= 4 is 33.2 Å². The maximum Gasteiger partial charge on any atom is 0.338 e. The molecule has 0 saturated carbocycles. The molecule has 0 unspecified atom stereocenters. The molecule has 32 heavy (non-hydrogen) atoms. The number of nitro benzene ring substituents is 1. The van der Waals surface area contributed by atoms with Crippen LogP contribution < -0.4 is 5.56 Å². The fraction of sp³-hybridized carbons (Fsp3) is 0.174.